The zero-order valence-electron chi connectivity index (χ0n) is 12.5. The number of nitrogens with zero attached hydrogens (tertiary/aromatic N) is 2. The summed E-state index contributed by atoms with van der Waals surface area (Å²) in [4.78, 5) is 12.1. The van der Waals surface area contributed by atoms with E-state index in [1.807, 2.05) is 30.3 Å². The normalized spacial score (nSPS) is 15.3. The van der Waals surface area contributed by atoms with Crippen molar-refractivity contribution in [2.75, 3.05) is 5.32 Å². The second kappa shape index (κ2) is 7.02. The SMILES string of the molecule is O=C(NC1CCCCC1)c1ccc(Nc2ccccc2)nn1. The van der Waals surface area contributed by atoms with Crippen LogP contribution in [0.4, 0.5) is 11.5 Å². The van der Waals surface area contributed by atoms with Crippen LogP contribution in [0.5, 0.6) is 0 Å². The number of nitrogens with one attached hydrogen (secondary N) is 2. The first-order valence-electron chi connectivity index (χ1n) is 7.78. The lowest BCUT2D eigenvalue weighted by atomic mass is 9.95. The average Bonchev–Trinajstić information content (AvgIpc) is 2.57. The van der Waals surface area contributed by atoms with Crippen molar-refractivity contribution >= 4 is 17.4 Å². The van der Waals surface area contributed by atoms with Gasteiger partial charge in [-0.2, -0.15) is 0 Å². The van der Waals surface area contributed by atoms with Crippen LogP contribution in [0.3, 0.4) is 0 Å². The fourth-order valence-corrected chi connectivity index (χ4v) is 2.70. The van der Waals surface area contributed by atoms with Gasteiger partial charge in [-0.15, -0.1) is 10.2 Å². The van der Waals surface area contributed by atoms with Gasteiger partial charge in [-0.05, 0) is 37.1 Å². The maximum atomic E-state index is 12.1. The average molecular weight is 296 g/mol. The molecule has 0 aliphatic heterocycles. The molecular weight excluding hydrogens is 276 g/mol. The molecule has 0 bridgehead atoms. The lowest BCUT2D eigenvalue weighted by Gasteiger charge is -2.22. The first-order chi connectivity index (χ1) is 10.8. The van der Waals surface area contributed by atoms with Crippen LogP contribution in [0, 0.1) is 0 Å². The largest absolute Gasteiger partial charge is 0.348 e. The van der Waals surface area contributed by atoms with Crippen molar-refractivity contribution in [1.82, 2.24) is 15.5 Å². The Labute approximate surface area is 130 Å². The number of hydrogen-bond donors (Lipinski definition) is 2. The Morgan fingerprint density at radius 2 is 1.73 bits per heavy atom. The van der Waals surface area contributed by atoms with Crippen molar-refractivity contribution in [1.29, 1.82) is 0 Å². The quantitative estimate of drug-likeness (QED) is 0.908. The molecule has 3 rings (SSSR count). The third kappa shape index (κ3) is 3.81. The van der Waals surface area contributed by atoms with E-state index in [1.165, 1.54) is 19.3 Å². The maximum Gasteiger partial charge on any atom is 0.272 e. The smallest absolute Gasteiger partial charge is 0.272 e. The Hall–Kier alpha value is -2.43. The second-order valence-corrected chi connectivity index (χ2v) is 5.60. The van der Waals surface area contributed by atoms with E-state index < -0.39 is 0 Å². The summed E-state index contributed by atoms with van der Waals surface area (Å²) in [7, 11) is 0. The van der Waals surface area contributed by atoms with Crippen molar-refractivity contribution < 1.29 is 4.79 Å². The molecule has 0 radical (unpaired) electrons. The molecule has 1 aromatic carbocycles. The zero-order chi connectivity index (χ0) is 15.2. The van der Waals surface area contributed by atoms with Crippen LogP contribution < -0.4 is 10.6 Å². The Kier molecular flexibility index (Phi) is 4.63. The maximum absolute atomic E-state index is 12.1. The number of benzene rings is 1. The fourth-order valence-electron chi connectivity index (χ4n) is 2.70. The minimum absolute atomic E-state index is 0.134. The van der Waals surface area contributed by atoms with Gasteiger partial charge in [-0.25, -0.2) is 0 Å². The molecule has 5 heteroatoms. The number of anilines is 2. The van der Waals surface area contributed by atoms with Crippen LogP contribution >= 0.6 is 0 Å². The molecular formula is C17H20N4O. The monoisotopic (exact) mass is 296 g/mol. The summed E-state index contributed by atoms with van der Waals surface area (Å²) in [6.45, 7) is 0. The Balaban J connectivity index is 1.59. The minimum atomic E-state index is -0.134. The van der Waals surface area contributed by atoms with Crippen molar-refractivity contribution in [3.05, 3.63) is 48.2 Å². The molecule has 1 saturated carbocycles. The summed E-state index contributed by atoms with van der Waals surface area (Å²) >= 11 is 0. The molecule has 0 spiro atoms. The van der Waals surface area contributed by atoms with E-state index in [0.717, 1.165) is 18.5 Å². The van der Waals surface area contributed by atoms with Gasteiger partial charge in [0.15, 0.2) is 11.5 Å². The molecule has 1 fully saturated rings. The first kappa shape index (κ1) is 14.5. The van der Waals surface area contributed by atoms with Gasteiger partial charge in [0.2, 0.25) is 0 Å². The number of para-hydroxylation sites is 1. The summed E-state index contributed by atoms with van der Waals surface area (Å²) in [5, 5.41) is 14.3. The van der Waals surface area contributed by atoms with E-state index in [4.69, 9.17) is 0 Å². The molecule has 1 aliphatic carbocycles. The molecule has 2 N–H and O–H groups in total. The molecule has 2 aromatic rings. The van der Waals surface area contributed by atoms with Crippen molar-refractivity contribution in [2.24, 2.45) is 0 Å². The predicted octanol–water partition coefficient (Wildman–Crippen LogP) is 3.28. The Bertz CT molecular complexity index is 606. The van der Waals surface area contributed by atoms with E-state index in [-0.39, 0.29) is 11.9 Å². The first-order valence-corrected chi connectivity index (χ1v) is 7.78. The van der Waals surface area contributed by atoms with Crippen molar-refractivity contribution in [3.8, 4) is 0 Å². The lowest BCUT2D eigenvalue weighted by molar-refractivity contribution is 0.0921. The summed E-state index contributed by atoms with van der Waals surface area (Å²) in [5.41, 5.74) is 1.31. The Morgan fingerprint density at radius 1 is 0.955 bits per heavy atom. The van der Waals surface area contributed by atoms with Gasteiger partial charge in [0, 0.05) is 11.7 Å². The van der Waals surface area contributed by atoms with E-state index in [9.17, 15) is 4.79 Å². The molecule has 1 heterocycles. The standard InChI is InChI=1S/C17H20N4O/c22-17(19-14-9-5-2-6-10-14)15-11-12-16(21-20-15)18-13-7-3-1-4-8-13/h1,3-4,7-8,11-12,14H,2,5-6,9-10H2,(H,18,21)(H,19,22). The highest BCUT2D eigenvalue weighted by atomic mass is 16.2. The molecule has 0 saturated heterocycles. The fraction of sp³-hybridized carbons (Fsp3) is 0.353. The van der Waals surface area contributed by atoms with Gasteiger partial charge in [0.1, 0.15) is 0 Å². The lowest BCUT2D eigenvalue weighted by Crippen LogP contribution is -2.36. The molecule has 0 unspecified atom stereocenters. The van der Waals surface area contributed by atoms with Crippen LogP contribution in [0.1, 0.15) is 42.6 Å². The molecule has 1 amide bonds. The van der Waals surface area contributed by atoms with Crippen molar-refractivity contribution in [2.45, 2.75) is 38.1 Å². The number of aromatic nitrogens is 2. The van der Waals surface area contributed by atoms with Gasteiger partial charge in [0.05, 0.1) is 0 Å². The van der Waals surface area contributed by atoms with Crippen molar-refractivity contribution in [3.63, 3.8) is 0 Å². The number of rotatable bonds is 4. The van der Waals surface area contributed by atoms with E-state index in [2.05, 4.69) is 20.8 Å². The molecule has 0 atom stereocenters. The van der Waals surface area contributed by atoms with Crippen LogP contribution in [0.25, 0.3) is 0 Å². The minimum Gasteiger partial charge on any atom is -0.348 e. The van der Waals surface area contributed by atoms with Crippen LogP contribution in [0.15, 0.2) is 42.5 Å². The van der Waals surface area contributed by atoms with E-state index >= 15 is 0 Å². The van der Waals surface area contributed by atoms with Gasteiger partial charge in [0.25, 0.3) is 5.91 Å². The zero-order valence-corrected chi connectivity index (χ0v) is 12.5. The van der Waals surface area contributed by atoms with Crippen LogP contribution in [0.2, 0.25) is 0 Å². The van der Waals surface area contributed by atoms with Crippen LogP contribution in [-0.4, -0.2) is 22.1 Å². The highest BCUT2D eigenvalue weighted by molar-refractivity contribution is 5.92. The molecule has 114 valence electrons. The summed E-state index contributed by atoms with van der Waals surface area (Å²) in [6.07, 6.45) is 5.78. The summed E-state index contributed by atoms with van der Waals surface area (Å²) < 4.78 is 0. The third-order valence-electron chi connectivity index (χ3n) is 3.88. The number of carbonyl (C=O) groups excluding carboxylic acids is 1. The molecule has 5 nitrogen and oxygen atoms in total. The number of hydrogen-bond acceptors (Lipinski definition) is 4. The Morgan fingerprint density at radius 3 is 2.41 bits per heavy atom. The predicted molar refractivity (Wildman–Crippen MR) is 86.1 cm³/mol. The van der Waals surface area contributed by atoms with Gasteiger partial charge in [-0.3, -0.25) is 4.79 Å². The van der Waals surface area contributed by atoms with Crippen LogP contribution in [-0.2, 0) is 0 Å². The number of amides is 1. The van der Waals surface area contributed by atoms with E-state index in [0.29, 0.717) is 11.5 Å². The highest BCUT2D eigenvalue weighted by Gasteiger charge is 2.17. The topological polar surface area (TPSA) is 66.9 Å². The summed E-state index contributed by atoms with van der Waals surface area (Å²) in [5.74, 6) is 0.492. The van der Waals surface area contributed by atoms with E-state index in [1.54, 1.807) is 12.1 Å². The summed E-state index contributed by atoms with van der Waals surface area (Å²) in [6, 6.07) is 13.5. The van der Waals surface area contributed by atoms with Gasteiger partial charge in [-0.1, -0.05) is 37.5 Å². The molecule has 1 aromatic heterocycles. The molecule has 22 heavy (non-hydrogen) atoms. The molecule has 1 aliphatic rings. The highest BCUT2D eigenvalue weighted by Crippen LogP contribution is 2.18. The second-order valence-electron chi connectivity index (χ2n) is 5.60. The van der Waals surface area contributed by atoms with Gasteiger partial charge < -0.3 is 10.6 Å². The van der Waals surface area contributed by atoms with Gasteiger partial charge >= 0.3 is 0 Å². The third-order valence-corrected chi connectivity index (χ3v) is 3.88. The number of carbonyl (C=O) groups is 1.